The maximum Gasteiger partial charge on any atom is 0.139 e. The lowest BCUT2D eigenvalue weighted by molar-refractivity contribution is 0.0985. The van der Waals surface area contributed by atoms with Gasteiger partial charge in [0.2, 0.25) is 0 Å². The fourth-order valence-corrected chi connectivity index (χ4v) is 4.14. The fourth-order valence-electron chi connectivity index (χ4n) is 4.14. The highest BCUT2D eigenvalue weighted by atomic mass is 16.5. The van der Waals surface area contributed by atoms with Gasteiger partial charge >= 0.3 is 0 Å². The van der Waals surface area contributed by atoms with E-state index in [1.807, 2.05) is 12.3 Å². The number of hydrogen-bond acceptors (Lipinski definition) is 6. The highest BCUT2D eigenvalue weighted by Crippen LogP contribution is 2.36. The number of morpholine rings is 1. The summed E-state index contributed by atoms with van der Waals surface area (Å²) >= 11 is 0. The number of hydrogen-bond donors (Lipinski definition) is 1. The monoisotopic (exact) mass is 367 g/mol. The Labute approximate surface area is 158 Å². The average Bonchev–Trinajstić information content (AvgIpc) is 3.30. The van der Waals surface area contributed by atoms with E-state index < -0.39 is 0 Å². The zero-order valence-corrected chi connectivity index (χ0v) is 16.0. The van der Waals surface area contributed by atoms with Crippen molar-refractivity contribution in [3.8, 4) is 11.4 Å². The largest absolute Gasteiger partial charge is 0.377 e. The molecule has 0 aliphatic carbocycles. The molecule has 142 valence electrons. The fraction of sp³-hybridized carbons (Fsp3) is 0.526. The molecule has 3 aromatic rings. The molecule has 2 aliphatic rings. The molecular weight excluding hydrogens is 342 g/mol. The van der Waals surface area contributed by atoms with E-state index in [2.05, 4.69) is 51.6 Å². The number of anilines is 1. The Morgan fingerprint density at radius 1 is 1.22 bits per heavy atom. The molecule has 27 heavy (non-hydrogen) atoms. The van der Waals surface area contributed by atoms with Gasteiger partial charge in [-0.3, -0.25) is 14.7 Å². The number of pyridine rings is 1. The molecule has 0 saturated carbocycles. The summed E-state index contributed by atoms with van der Waals surface area (Å²) in [6.45, 7) is 8.58. The molecule has 2 aliphatic heterocycles. The minimum Gasteiger partial charge on any atom is -0.377 e. The zero-order valence-electron chi connectivity index (χ0n) is 16.0. The molecule has 0 bridgehead atoms. The first-order chi connectivity index (χ1) is 13.1. The van der Waals surface area contributed by atoms with Gasteiger partial charge in [-0.1, -0.05) is 0 Å². The lowest BCUT2D eigenvalue weighted by Gasteiger charge is -2.35. The van der Waals surface area contributed by atoms with Crippen molar-refractivity contribution in [1.29, 1.82) is 0 Å². The topological polar surface area (TPSA) is 75.1 Å². The van der Waals surface area contributed by atoms with Crippen LogP contribution in [0.2, 0.25) is 0 Å². The first-order valence-corrected chi connectivity index (χ1v) is 9.59. The molecule has 8 heteroatoms. The van der Waals surface area contributed by atoms with Gasteiger partial charge in [-0.2, -0.15) is 10.2 Å². The Morgan fingerprint density at radius 2 is 2.11 bits per heavy atom. The van der Waals surface area contributed by atoms with Gasteiger partial charge in [0.1, 0.15) is 22.7 Å². The van der Waals surface area contributed by atoms with E-state index in [0.29, 0.717) is 12.1 Å². The molecule has 0 radical (unpaired) electrons. The van der Waals surface area contributed by atoms with E-state index in [4.69, 9.17) is 14.8 Å². The van der Waals surface area contributed by atoms with Crippen LogP contribution >= 0.6 is 0 Å². The van der Waals surface area contributed by atoms with Crippen LogP contribution in [0.3, 0.4) is 0 Å². The Morgan fingerprint density at radius 3 is 2.89 bits per heavy atom. The van der Waals surface area contributed by atoms with E-state index in [9.17, 15) is 0 Å². The molecule has 0 amide bonds. The number of aromatic amines is 1. The normalized spacial score (nSPS) is 23.7. The predicted molar refractivity (Wildman–Crippen MR) is 104 cm³/mol. The van der Waals surface area contributed by atoms with Gasteiger partial charge < -0.3 is 9.64 Å². The number of nitrogens with one attached hydrogen (secondary N) is 1. The van der Waals surface area contributed by atoms with Crippen LogP contribution in [-0.2, 0) is 11.3 Å². The Bertz CT molecular complexity index is 964. The van der Waals surface area contributed by atoms with Crippen molar-refractivity contribution in [3.63, 3.8) is 0 Å². The smallest absolute Gasteiger partial charge is 0.139 e. The Kier molecular flexibility index (Phi) is 3.91. The van der Waals surface area contributed by atoms with Gasteiger partial charge in [-0.15, -0.1) is 0 Å². The Hall–Kier alpha value is -2.45. The number of H-pyrrole nitrogens is 1. The highest BCUT2D eigenvalue weighted by molar-refractivity contribution is 5.92. The standard InChI is InChI=1S/C19H25N7O/c1-12-11-27-9-8-25(12)16-10-14-13(2)24(3)6-7-26-19(14)18(21-16)17(23-26)15-4-5-20-22-15/h4-5,10,12-13H,6-9,11H2,1-3H3,(H,20,22)/t12-,13?/m1/s1. The summed E-state index contributed by atoms with van der Waals surface area (Å²) < 4.78 is 7.73. The average molecular weight is 367 g/mol. The van der Waals surface area contributed by atoms with Gasteiger partial charge in [0, 0.05) is 30.9 Å². The molecule has 5 heterocycles. The van der Waals surface area contributed by atoms with Crippen LogP contribution in [0.15, 0.2) is 18.3 Å². The van der Waals surface area contributed by atoms with Crippen LogP contribution in [0.4, 0.5) is 5.82 Å². The van der Waals surface area contributed by atoms with Gasteiger partial charge in [0.05, 0.1) is 31.3 Å². The second kappa shape index (κ2) is 6.31. The highest BCUT2D eigenvalue weighted by Gasteiger charge is 2.29. The van der Waals surface area contributed by atoms with E-state index in [1.165, 1.54) is 5.56 Å². The number of aromatic nitrogens is 5. The van der Waals surface area contributed by atoms with Crippen LogP contribution in [0.1, 0.15) is 25.5 Å². The summed E-state index contributed by atoms with van der Waals surface area (Å²) in [7, 11) is 2.18. The summed E-state index contributed by atoms with van der Waals surface area (Å²) in [5.41, 5.74) is 5.05. The van der Waals surface area contributed by atoms with E-state index in [-0.39, 0.29) is 0 Å². The van der Waals surface area contributed by atoms with Crippen molar-refractivity contribution < 1.29 is 4.74 Å². The maximum atomic E-state index is 5.63. The van der Waals surface area contributed by atoms with Gasteiger partial charge in [-0.25, -0.2) is 4.98 Å². The second-order valence-corrected chi connectivity index (χ2v) is 7.57. The second-order valence-electron chi connectivity index (χ2n) is 7.57. The molecule has 8 nitrogen and oxygen atoms in total. The molecule has 1 saturated heterocycles. The number of nitrogens with zero attached hydrogens (tertiary/aromatic N) is 6. The quantitative estimate of drug-likeness (QED) is 0.747. The molecule has 0 aromatic carbocycles. The molecule has 1 N–H and O–H groups in total. The van der Waals surface area contributed by atoms with E-state index >= 15 is 0 Å². The van der Waals surface area contributed by atoms with Crippen molar-refractivity contribution in [3.05, 3.63) is 23.9 Å². The van der Waals surface area contributed by atoms with Gasteiger partial charge in [0.25, 0.3) is 0 Å². The van der Waals surface area contributed by atoms with Gasteiger partial charge in [-0.05, 0) is 33.0 Å². The lowest BCUT2D eigenvalue weighted by Crippen LogP contribution is -2.44. The van der Waals surface area contributed by atoms with Crippen LogP contribution < -0.4 is 4.90 Å². The first-order valence-electron chi connectivity index (χ1n) is 9.59. The molecule has 3 aromatic heterocycles. The van der Waals surface area contributed by atoms with Crippen LogP contribution in [0.25, 0.3) is 22.4 Å². The van der Waals surface area contributed by atoms with Crippen LogP contribution in [0, 0.1) is 0 Å². The first kappa shape index (κ1) is 16.7. The molecule has 2 atom stereocenters. The summed E-state index contributed by atoms with van der Waals surface area (Å²) in [5.74, 6) is 1.01. The SMILES string of the molecule is CC1c2cc(N3CCOC[C@H]3C)nc3c(-c4cc[nH]n4)nn(c23)CCN1C. The van der Waals surface area contributed by atoms with Gasteiger partial charge in [0.15, 0.2) is 0 Å². The van der Waals surface area contributed by atoms with Crippen LogP contribution in [0.5, 0.6) is 0 Å². The number of ether oxygens (including phenoxy) is 1. The van der Waals surface area contributed by atoms with E-state index in [0.717, 1.165) is 61.1 Å². The summed E-state index contributed by atoms with van der Waals surface area (Å²) in [5, 5.41) is 12.2. The number of likely N-dealkylation sites (N-methyl/N-ethyl adjacent to an activating group) is 1. The minimum absolute atomic E-state index is 0.301. The third kappa shape index (κ3) is 2.62. The molecular formula is C19H25N7O. The van der Waals surface area contributed by atoms with E-state index in [1.54, 1.807) is 0 Å². The van der Waals surface area contributed by atoms with Crippen molar-refractivity contribution in [1.82, 2.24) is 29.9 Å². The number of rotatable bonds is 2. The minimum atomic E-state index is 0.301. The third-order valence-corrected chi connectivity index (χ3v) is 5.89. The Balaban J connectivity index is 1.76. The summed E-state index contributed by atoms with van der Waals surface area (Å²) in [6, 6.07) is 4.82. The van der Waals surface area contributed by atoms with Crippen molar-refractivity contribution in [2.24, 2.45) is 0 Å². The maximum absolute atomic E-state index is 5.63. The van der Waals surface area contributed by atoms with Crippen molar-refractivity contribution in [2.75, 3.05) is 38.3 Å². The van der Waals surface area contributed by atoms with Crippen molar-refractivity contribution in [2.45, 2.75) is 32.5 Å². The summed E-state index contributed by atoms with van der Waals surface area (Å²) in [4.78, 5) is 9.81. The third-order valence-electron chi connectivity index (χ3n) is 5.89. The van der Waals surface area contributed by atoms with Crippen molar-refractivity contribution >= 4 is 16.9 Å². The molecule has 5 rings (SSSR count). The zero-order chi connectivity index (χ0) is 18.5. The molecule has 1 fully saturated rings. The lowest BCUT2D eigenvalue weighted by atomic mass is 10.1. The molecule has 1 unspecified atom stereocenters. The predicted octanol–water partition coefficient (Wildman–Crippen LogP) is 2.05. The molecule has 0 spiro atoms. The van der Waals surface area contributed by atoms with Crippen LogP contribution in [-0.4, -0.2) is 69.3 Å². The summed E-state index contributed by atoms with van der Waals surface area (Å²) in [6.07, 6.45) is 1.83.